The standard InChI is InChI=1S/C10H9F2N3O2S/c1-6-5-13-14-10(6)15-18(16,17)9-4-7(11)2-3-8(9)12/h2-5H,1H3,(H2,13,14,15). The number of hydrogen-bond acceptors (Lipinski definition) is 3. The molecule has 2 aromatic rings. The van der Waals surface area contributed by atoms with Crippen LogP contribution in [0.4, 0.5) is 14.6 Å². The molecule has 0 unspecified atom stereocenters. The Hall–Kier alpha value is -1.96. The first-order valence-corrected chi connectivity index (χ1v) is 6.36. The van der Waals surface area contributed by atoms with Crippen LogP contribution in [0.2, 0.25) is 0 Å². The van der Waals surface area contributed by atoms with Gasteiger partial charge in [-0.1, -0.05) is 0 Å². The van der Waals surface area contributed by atoms with Crippen molar-refractivity contribution >= 4 is 15.8 Å². The molecule has 18 heavy (non-hydrogen) atoms. The Kier molecular flexibility index (Phi) is 3.04. The number of benzene rings is 1. The van der Waals surface area contributed by atoms with Gasteiger partial charge in [-0.2, -0.15) is 5.10 Å². The van der Waals surface area contributed by atoms with Gasteiger partial charge in [0.15, 0.2) is 0 Å². The highest BCUT2D eigenvalue weighted by Crippen LogP contribution is 2.20. The second-order valence-electron chi connectivity index (χ2n) is 3.61. The summed E-state index contributed by atoms with van der Waals surface area (Å²) in [6.45, 7) is 1.61. The maximum atomic E-state index is 13.4. The van der Waals surface area contributed by atoms with Crippen LogP contribution in [0.1, 0.15) is 5.56 Å². The van der Waals surface area contributed by atoms with Gasteiger partial charge in [0.2, 0.25) is 0 Å². The van der Waals surface area contributed by atoms with E-state index in [0.717, 1.165) is 12.1 Å². The Morgan fingerprint density at radius 3 is 2.67 bits per heavy atom. The van der Waals surface area contributed by atoms with Gasteiger partial charge in [0.05, 0.1) is 6.20 Å². The lowest BCUT2D eigenvalue weighted by Gasteiger charge is -2.07. The molecule has 0 atom stereocenters. The van der Waals surface area contributed by atoms with E-state index < -0.39 is 26.6 Å². The molecule has 0 fully saturated rings. The number of rotatable bonds is 3. The molecule has 0 aliphatic rings. The zero-order valence-electron chi connectivity index (χ0n) is 9.24. The molecule has 0 aliphatic heterocycles. The minimum Gasteiger partial charge on any atom is -0.263 e. The fourth-order valence-corrected chi connectivity index (χ4v) is 2.50. The number of hydrogen-bond donors (Lipinski definition) is 2. The smallest absolute Gasteiger partial charge is 0.263 e. The molecule has 5 nitrogen and oxygen atoms in total. The van der Waals surface area contributed by atoms with Gasteiger partial charge < -0.3 is 0 Å². The van der Waals surface area contributed by atoms with Crippen molar-refractivity contribution in [3.8, 4) is 0 Å². The van der Waals surface area contributed by atoms with E-state index in [1.54, 1.807) is 6.92 Å². The second kappa shape index (κ2) is 4.37. The molecule has 0 aliphatic carbocycles. The fraction of sp³-hybridized carbons (Fsp3) is 0.100. The zero-order valence-corrected chi connectivity index (χ0v) is 10.1. The fourth-order valence-electron chi connectivity index (χ4n) is 1.32. The second-order valence-corrected chi connectivity index (χ2v) is 5.26. The summed E-state index contributed by atoms with van der Waals surface area (Å²) in [6.07, 6.45) is 1.40. The molecule has 1 heterocycles. The number of aromatic nitrogens is 2. The third-order valence-corrected chi connectivity index (χ3v) is 3.61. The Bertz CT molecular complexity index is 682. The Labute approximate surface area is 102 Å². The van der Waals surface area contributed by atoms with Gasteiger partial charge >= 0.3 is 0 Å². The lowest BCUT2D eigenvalue weighted by atomic mass is 10.3. The summed E-state index contributed by atoms with van der Waals surface area (Å²) in [6, 6.07) is 2.21. The summed E-state index contributed by atoms with van der Waals surface area (Å²) in [5.41, 5.74) is 0.537. The number of nitrogens with zero attached hydrogens (tertiary/aromatic N) is 1. The van der Waals surface area contributed by atoms with Crippen molar-refractivity contribution < 1.29 is 17.2 Å². The largest absolute Gasteiger partial charge is 0.266 e. The minimum absolute atomic E-state index is 0.110. The van der Waals surface area contributed by atoms with E-state index in [9.17, 15) is 17.2 Å². The molecular weight excluding hydrogens is 264 g/mol. The molecule has 0 spiro atoms. The van der Waals surface area contributed by atoms with E-state index in [2.05, 4.69) is 14.9 Å². The predicted octanol–water partition coefficient (Wildman–Crippen LogP) is 1.80. The molecule has 0 radical (unpaired) electrons. The van der Waals surface area contributed by atoms with Crippen molar-refractivity contribution in [1.82, 2.24) is 10.2 Å². The summed E-state index contributed by atoms with van der Waals surface area (Å²) in [7, 11) is -4.20. The molecule has 0 saturated heterocycles. The van der Waals surface area contributed by atoms with E-state index >= 15 is 0 Å². The van der Waals surface area contributed by atoms with Crippen LogP contribution in [-0.2, 0) is 10.0 Å². The number of sulfonamides is 1. The number of H-pyrrole nitrogens is 1. The molecule has 1 aromatic heterocycles. The summed E-state index contributed by atoms with van der Waals surface area (Å²) in [5, 5.41) is 6.03. The van der Waals surface area contributed by atoms with Gasteiger partial charge in [-0.25, -0.2) is 17.2 Å². The highest BCUT2D eigenvalue weighted by molar-refractivity contribution is 7.92. The van der Waals surface area contributed by atoms with Crippen LogP contribution >= 0.6 is 0 Å². The first kappa shape index (κ1) is 12.5. The lowest BCUT2D eigenvalue weighted by Crippen LogP contribution is -2.15. The van der Waals surface area contributed by atoms with Crippen molar-refractivity contribution in [1.29, 1.82) is 0 Å². The van der Waals surface area contributed by atoms with Crippen LogP contribution in [0, 0.1) is 18.6 Å². The van der Waals surface area contributed by atoms with E-state index in [1.807, 2.05) is 0 Å². The van der Waals surface area contributed by atoms with Gasteiger partial charge in [0, 0.05) is 5.56 Å². The number of aromatic amines is 1. The maximum Gasteiger partial charge on any atom is 0.266 e. The van der Waals surface area contributed by atoms with Crippen molar-refractivity contribution in [3.63, 3.8) is 0 Å². The van der Waals surface area contributed by atoms with Crippen LogP contribution in [0.15, 0.2) is 29.3 Å². The van der Waals surface area contributed by atoms with Crippen LogP contribution in [0.25, 0.3) is 0 Å². The average Bonchev–Trinajstić information content (AvgIpc) is 2.67. The summed E-state index contributed by atoms with van der Waals surface area (Å²) >= 11 is 0. The highest BCUT2D eigenvalue weighted by atomic mass is 32.2. The lowest BCUT2D eigenvalue weighted by molar-refractivity contribution is 0.555. The first-order valence-electron chi connectivity index (χ1n) is 4.88. The maximum absolute atomic E-state index is 13.4. The molecule has 8 heteroatoms. The normalized spacial score (nSPS) is 11.5. The Morgan fingerprint density at radius 2 is 2.06 bits per heavy atom. The van der Waals surface area contributed by atoms with Gasteiger partial charge in [0.1, 0.15) is 22.3 Å². The van der Waals surface area contributed by atoms with Crippen LogP contribution in [0.3, 0.4) is 0 Å². The molecule has 0 saturated carbocycles. The SMILES string of the molecule is Cc1cn[nH]c1NS(=O)(=O)c1cc(F)ccc1F. The molecule has 2 N–H and O–H groups in total. The Balaban J connectivity index is 2.43. The third kappa shape index (κ3) is 2.33. The van der Waals surface area contributed by atoms with Crippen molar-refractivity contribution in [3.05, 3.63) is 41.6 Å². The molecule has 0 amide bonds. The highest BCUT2D eigenvalue weighted by Gasteiger charge is 2.21. The minimum atomic E-state index is -4.20. The molecule has 1 aromatic carbocycles. The quantitative estimate of drug-likeness (QED) is 0.895. The molecular formula is C10H9F2N3O2S. The third-order valence-electron chi connectivity index (χ3n) is 2.25. The molecule has 0 bridgehead atoms. The average molecular weight is 273 g/mol. The summed E-state index contributed by atoms with van der Waals surface area (Å²) < 4.78 is 52.2. The van der Waals surface area contributed by atoms with Crippen LogP contribution in [0.5, 0.6) is 0 Å². The summed E-state index contributed by atoms with van der Waals surface area (Å²) in [4.78, 5) is -0.753. The van der Waals surface area contributed by atoms with Crippen molar-refractivity contribution in [2.45, 2.75) is 11.8 Å². The number of nitrogens with one attached hydrogen (secondary N) is 2. The summed E-state index contributed by atoms with van der Waals surface area (Å²) in [5.74, 6) is -1.75. The monoisotopic (exact) mass is 273 g/mol. The van der Waals surface area contributed by atoms with E-state index in [0.29, 0.717) is 11.6 Å². The van der Waals surface area contributed by atoms with Crippen LogP contribution in [-0.4, -0.2) is 18.6 Å². The van der Waals surface area contributed by atoms with Gasteiger partial charge in [-0.15, -0.1) is 0 Å². The Morgan fingerprint density at radius 1 is 1.33 bits per heavy atom. The first-order chi connectivity index (χ1) is 8.40. The predicted molar refractivity (Wildman–Crippen MR) is 60.5 cm³/mol. The van der Waals surface area contributed by atoms with E-state index in [4.69, 9.17) is 0 Å². The number of aryl methyl sites for hydroxylation is 1. The van der Waals surface area contributed by atoms with E-state index in [-0.39, 0.29) is 5.82 Å². The van der Waals surface area contributed by atoms with Gasteiger partial charge in [0.25, 0.3) is 10.0 Å². The topological polar surface area (TPSA) is 74.8 Å². The van der Waals surface area contributed by atoms with Gasteiger partial charge in [-0.05, 0) is 25.1 Å². The van der Waals surface area contributed by atoms with Crippen molar-refractivity contribution in [2.24, 2.45) is 0 Å². The van der Waals surface area contributed by atoms with Crippen molar-refractivity contribution in [2.75, 3.05) is 4.72 Å². The number of halogens is 2. The van der Waals surface area contributed by atoms with E-state index in [1.165, 1.54) is 6.20 Å². The van der Waals surface area contributed by atoms with Crippen LogP contribution < -0.4 is 4.72 Å². The molecule has 96 valence electrons. The molecule has 2 rings (SSSR count). The number of anilines is 1. The zero-order chi connectivity index (χ0) is 13.3. The van der Waals surface area contributed by atoms with Gasteiger partial charge in [-0.3, -0.25) is 9.82 Å².